The van der Waals surface area contributed by atoms with Crippen LogP contribution in [0.3, 0.4) is 0 Å². The fourth-order valence-electron chi connectivity index (χ4n) is 1.85. The first-order valence-electron chi connectivity index (χ1n) is 6.16. The maximum atomic E-state index is 11.1. The molecule has 0 spiro atoms. The maximum Gasteiger partial charge on any atom is 0.325 e. The predicted octanol–water partition coefficient (Wildman–Crippen LogP) is 3.51. The molecule has 0 aliphatic heterocycles. The number of nitrogens with zero attached hydrogens (tertiary/aromatic N) is 3. The van der Waals surface area contributed by atoms with Gasteiger partial charge in [0.2, 0.25) is 0 Å². The molecule has 0 amide bonds. The van der Waals surface area contributed by atoms with Crippen molar-refractivity contribution in [1.82, 2.24) is 0 Å². The van der Waals surface area contributed by atoms with E-state index in [-0.39, 0.29) is 5.75 Å². The first-order valence-corrected chi connectivity index (χ1v) is 6.16. The molecule has 0 fully saturated rings. The summed E-state index contributed by atoms with van der Waals surface area (Å²) in [5.41, 5.74) is -1.88. The number of nitro groups is 3. The Kier molecular flexibility index (Phi) is 4.16. The van der Waals surface area contributed by atoms with Crippen LogP contribution in [0.1, 0.15) is 5.56 Å². The molecule has 118 valence electrons. The minimum atomic E-state index is -0.965. The van der Waals surface area contributed by atoms with Crippen LogP contribution in [0.2, 0.25) is 0 Å². The normalized spacial score (nSPS) is 10.1. The summed E-state index contributed by atoms with van der Waals surface area (Å²) in [5.74, 6) is -0.479. The molecule has 23 heavy (non-hydrogen) atoms. The van der Waals surface area contributed by atoms with E-state index in [1.807, 2.05) is 0 Å². The van der Waals surface area contributed by atoms with Crippen molar-refractivity contribution in [2.24, 2.45) is 0 Å². The molecular weight excluding hydrogens is 310 g/mol. The summed E-state index contributed by atoms with van der Waals surface area (Å²) in [5, 5.41) is 33.0. The minimum absolute atomic E-state index is 0.174. The number of para-hydroxylation sites is 1. The standard InChI is InChI=1S/C13H9N3O7/c1-8-4-2-3-5-12(8)23-13-10(15(19)20)6-9(14(17)18)7-11(13)16(21)22/h2-7H,1H3. The zero-order chi connectivity index (χ0) is 17.1. The number of hydrogen-bond acceptors (Lipinski definition) is 7. The monoisotopic (exact) mass is 319 g/mol. The van der Waals surface area contributed by atoms with Gasteiger partial charge in [-0.25, -0.2) is 0 Å². The topological polar surface area (TPSA) is 139 Å². The average Bonchev–Trinajstić information content (AvgIpc) is 2.48. The first kappa shape index (κ1) is 15.8. The largest absolute Gasteiger partial charge is 0.444 e. The zero-order valence-electron chi connectivity index (χ0n) is 11.7. The Morgan fingerprint density at radius 2 is 1.39 bits per heavy atom. The zero-order valence-corrected chi connectivity index (χ0v) is 11.7. The lowest BCUT2D eigenvalue weighted by atomic mass is 10.2. The maximum absolute atomic E-state index is 11.1. The fraction of sp³-hybridized carbons (Fsp3) is 0.0769. The number of benzene rings is 2. The van der Waals surface area contributed by atoms with E-state index < -0.39 is 37.6 Å². The van der Waals surface area contributed by atoms with Gasteiger partial charge in [0, 0.05) is 0 Å². The van der Waals surface area contributed by atoms with Crippen molar-refractivity contribution in [3.63, 3.8) is 0 Å². The number of hydrogen-bond donors (Lipinski definition) is 0. The summed E-state index contributed by atoms with van der Waals surface area (Å²) in [4.78, 5) is 30.2. The number of aryl methyl sites for hydroxylation is 1. The van der Waals surface area contributed by atoms with Crippen LogP contribution in [0.25, 0.3) is 0 Å². The average molecular weight is 319 g/mol. The number of ether oxygens (including phenoxy) is 1. The lowest BCUT2D eigenvalue weighted by Gasteiger charge is -2.09. The quantitative estimate of drug-likeness (QED) is 0.606. The molecule has 10 heteroatoms. The van der Waals surface area contributed by atoms with Gasteiger partial charge in [0.25, 0.3) is 11.4 Å². The van der Waals surface area contributed by atoms with Crippen LogP contribution in [0.15, 0.2) is 36.4 Å². The summed E-state index contributed by atoms with van der Waals surface area (Å²) in [6, 6.07) is 7.66. The van der Waals surface area contributed by atoms with Crippen molar-refractivity contribution in [2.75, 3.05) is 0 Å². The molecule has 0 atom stereocenters. The van der Waals surface area contributed by atoms with Crippen LogP contribution in [0, 0.1) is 37.3 Å². The molecular formula is C13H9N3O7. The van der Waals surface area contributed by atoms with Crippen molar-refractivity contribution < 1.29 is 19.5 Å². The second kappa shape index (κ2) is 6.05. The van der Waals surface area contributed by atoms with Crippen molar-refractivity contribution in [3.05, 3.63) is 72.3 Å². The molecule has 0 saturated carbocycles. The van der Waals surface area contributed by atoms with Gasteiger partial charge in [-0.15, -0.1) is 0 Å². The van der Waals surface area contributed by atoms with Gasteiger partial charge in [-0.05, 0) is 18.6 Å². The third kappa shape index (κ3) is 3.20. The highest BCUT2D eigenvalue weighted by molar-refractivity contribution is 5.66. The molecule has 2 aromatic carbocycles. The molecule has 0 radical (unpaired) electrons. The van der Waals surface area contributed by atoms with Crippen LogP contribution < -0.4 is 4.74 Å². The lowest BCUT2D eigenvalue weighted by molar-refractivity contribution is -0.404. The van der Waals surface area contributed by atoms with E-state index in [1.54, 1.807) is 25.1 Å². The van der Waals surface area contributed by atoms with Gasteiger partial charge in [0.1, 0.15) is 5.75 Å². The Morgan fingerprint density at radius 3 is 1.83 bits per heavy atom. The van der Waals surface area contributed by atoms with E-state index in [0.717, 1.165) is 0 Å². The summed E-state index contributed by atoms with van der Waals surface area (Å²) >= 11 is 0. The van der Waals surface area contributed by atoms with Crippen molar-refractivity contribution in [3.8, 4) is 11.5 Å². The molecule has 0 aliphatic rings. The highest BCUT2D eigenvalue weighted by Crippen LogP contribution is 2.43. The van der Waals surface area contributed by atoms with E-state index in [0.29, 0.717) is 17.7 Å². The van der Waals surface area contributed by atoms with Crippen LogP contribution in [-0.4, -0.2) is 14.8 Å². The van der Waals surface area contributed by atoms with E-state index in [4.69, 9.17) is 4.74 Å². The van der Waals surface area contributed by atoms with Crippen molar-refractivity contribution >= 4 is 17.1 Å². The fourth-order valence-corrected chi connectivity index (χ4v) is 1.85. The van der Waals surface area contributed by atoms with E-state index in [9.17, 15) is 30.3 Å². The molecule has 2 rings (SSSR count). The smallest absolute Gasteiger partial charge is 0.325 e. The summed E-state index contributed by atoms with van der Waals surface area (Å²) in [6.45, 7) is 1.65. The number of nitro benzene ring substituents is 3. The third-order valence-electron chi connectivity index (χ3n) is 2.94. The first-order chi connectivity index (χ1) is 10.8. The SMILES string of the molecule is Cc1ccccc1Oc1c([N+](=O)[O-])cc([N+](=O)[O-])cc1[N+](=O)[O-]. The lowest BCUT2D eigenvalue weighted by Crippen LogP contribution is -2.01. The van der Waals surface area contributed by atoms with Gasteiger partial charge < -0.3 is 4.74 Å². The Balaban J connectivity index is 2.69. The molecule has 0 aromatic heterocycles. The molecule has 0 saturated heterocycles. The van der Waals surface area contributed by atoms with E-state index in [1.165, 1.54) is 6.07 Å². The number of rotatable bonds is 5. The van der Waals surface area contributed by atoms with E-state index >= 15 is 0 Å². The number of non-ortho nitro benzene ring substituents is 1. The van der Waals surface area contributed by atoms with Gasteiger partial charge in [-0.3, -0.25) is 30.3 Å². The summed E-state index contributed by atoms with van der Waals surface area (Å²) in [6.07, 6.45) is 0. The Hall–Kier alpha value is -3.56. The minimum Gasteiger partial charge on any atom is -0.444 e. The summed E-state index contributed by atoms with van der Waals surface area (Å²) < 4.78 is 5.32. The molecule has 0 unspecified atom stereocenters. The predicted molar refractivity (Wildman–Crippen MR) is 77.7 cm³/mol. The van der Waals surface area contributed by atoms with Crippen molar-refractivity contribution in [1.29, 1.82) is 0 Å². The van der Waals surface area contributed by atoms with Gasteiger partial charge in [0.05, 0.1) is 26.9 Å². The Labute approximate surface area is 128 Å². The van der Waals surface area contributed by atoms with Crippen LogP contribution in [0.4, 0.5) is 17.1 Å². The van der Waals surface area contributed by atoms with E-state index in [2.05, 4.69) is 0 Å². The molecule has 2 aromatic rings. The third-order valence-corrected chi connectivity index (χ3v) is 2.94. The second-order valence-corrected chi connectivity index (χ2v) is 4.45. The van der Waals surface area contributed by atoms with Crippen LogP contribution in [0.5, 0.6) is 11.5 Å². The highest BCUT2D eigenvalue weighted by atomic mass is 16.6. The van der Waals surface area contributed by atoms with Gasteiger partial charge in [-0.2, -0.15) is 0 Å². The Morgan fingerprint density at radius 1 is 0.870 bits per heavy atom. The van der Waals surface area contributed by atoms with Gasteiger partial charge in [-0.1, -0.05) is 18.2 Å². The second-order valence-electron chi connectivity index (χ2n) is 4.45. The van der Waals surface area contributed by atoms with Crippen LogP contribution >= 0.6 is 0 Å². The molecule has 0 bridgehead atoms. The van der Waals surface area contributed by atoms with Gasteiger partial charge in [0.15, 0.2) is 0 Å². The summed E-state index contributed by atoms with van der Waals surface area (Å²) in [7, 11) is 0. The molecule has 0 N–H and O–H groups in total. The molecule has 10 nitrogen and oxygen atoms in total. The highest BCUT2D eigenvalue weighted by Gasteiger charge is 2.32. The Bertz CT molecular complexity index is 784. The van der Waals surface area contributed by atoms with Crippen molar-refractivity contribution in [2.45, 2.75) is 6.92 Å². The van der Waals surface area contributed by atoms with Gasteiger partial charge >= 0.3 is 11.4 Å². The molecule has 0 heterocycles. The van der Waals surface area contributed by atoms with Crippen LogP contribution in [-0.2, 0) is 0 Å². The molecule has 0 aliphatic carbocycles.